The van der Waals surface area contributed by atoms with E-state index in [2.05, 4.69) is 5.32 Å². The van der Waals surface area contributed by atoms with E-state index in [0.29, 0.717) is 12.1 Å². The van der Waals surface area contributed by atoms with Gasteiger partial charge in [-0.05, 0) is 56.2 Å². The van der Waals surface area contributed by atoms with Gasteiger partial charge >= 0.3 is 5.97 Å². The molecule has 2 aromatic carbocycles. The second-order valence-electron chi connectivity index (χ2n) is 10.7. The van der Waals surface area contributed by atoms with Gasteiger partial charge in [0.1, 0.15) is 6.04 Å². The number of carbonyl (C=O) groups is 3. The third-order valence-corrected chi connectivity index (χ3v) is 8.14. The number of benzene rings is 2. The summed E-state index contributed by atoms with van der Waals surface area (Å²) >= 11 is 0. The van der Waals surface area contributed by atoms with Crippen molar-refractivity contribution in [1.82, 2.24) is 4.90 Å². The van der Waals surface area contributed by atoms with Crippen LogP contribution in [0.15, 0.2) is 60.7 Å². The number of fused-ring (bicyclic) bond motifs is 1. The van der Waals surface area contributed by atoms with Crippen LogP contribution in [-0.4, -0.2) is 53.1 Å². The minimum atomic E-state index is -0.877. The fourth-order valence-electron chi connectivity index (χ4n) is 6.35. The van der Waals surface area contributed by atoms with Crippen LogP contribution < -0.4 is 5.32 Å². The Morgan fingerprint density at radius 2 is 1.72 bits per heavy atom. The average molecular weight is 533 g/mol. The standard InChI is InChI=1S/C32H40N2O5/c1-5-11-23-16-17-25-27(26(23)32(38)39-6-2)31(37)34(24(19-35)18-22-14-8-7-9-15-22)29(25)30(36)33-28-20(3)12-10-13-21(28)4/h7-10,12-17,23-27,29,35H,5-6,11,18-19H2,1-4H3,(H,33,36)/t23-,24-,25+,26-,27-,29+/m1/s1. The highest BCUT2D eigenvalue weighted by molar-refractivity contribution is 6.02. The molecule has 0 saturated carbocycles. The molecule has 0 spiro atoms. The van der Waals surface area contributed by atoms with Gasteiger partial charge < -0.3 is 20.1 Å². The highest BCUT2D eigenvalue weighted by Gasteiger charge is 2.58. The van der Waals surface area contributed by atoms with Gasteiger partial charge in [0.15, 0.2) is 0 Å². The third kappa shape index (κ3) is 5.78. The lowest BCUT2D eigenvalue weighted by atomic mass is 9.69. The van der Waals surface area contributed by atoms with Crippen molar-refractivity contribution in [2.75, 3.05) is 18.5 Å². The molecule has 0 radical (unpaired) electrons. The maximum absolute atomic E-state index is 14.3. The Kier molecular flexibility index (Phi) is 9.23. The fourth-order valence-corrected chi connectivity index (χ4v) is 6.35. The highest BCUT2D eigenvalue weighted by atomic mass is 16.5. The van der Waals surface area contributed by atoms with E-state index in [1.54, 1.807) is 11.8 Å². The summed E-state index contributed by atoms with van der Waals surface area (Å²) in [7, 11) is 0. The summed E-state index contributed by atoms with van der Waals surface area (Å²) in [5.41, 5.74) is 3.51. The van der Waals surface area contributed by atoms with Crippen molar-refractivity contribution in [1.29, 1.82) is 0 Å². The van der Waals surface area contributed by atoms with Crippen LogP contribution >= 0.6 is 0 Å². The minimum Gasteiger partial charge on any atom is -0.466 e. The first-order chi connectivity index (χ1) is 18.8. The molecule has 1 heterocycles. The molecule has 39 heavy (non-hydrogen) atoms. The van der Waals surface area contributed by atoms with Gasteiger partial charge in [-0.1, -0.05) is 74.0 Å². The lowest BCUT2D eigenvalue weighted by Gasteiger charge is -2.34. The van der Waals surface area contributed by atoms with E-state index >= 15 is 0 Å². The number of aryl methyl sites for hydroxylation is 2. The number of nitrogens with one attached hydrogen (secondary N) is 1. The predicted molar refractivity (Wildman–Crippen MR) is 151 cm³/mol. The summed E-state index contributed by atoms with van der Waals surface area (Å²) in [4.78, 5) is 43.2. The molecule has 2 amide bonds. The number of esters is 1. The quantitative estimate of drug-likeness (QED) is 0.348. The molecule has 4 rings (SSSR count). The number of hydrogen-bond acceptors (Lipinski definition) is 5. The molecule has 7 nitrogen and oxygen atoms in total. The Hall–Kier alpha value is -3.45. The molecule has 7 heteroatoms. The molecule has 0 bridgehead atoms. The number of ether oxygens (including phenoxy) is 1. The van der Waals surface area contributed by atoms with Crippen molar-refractivity contribution in [2.24, 2.45) is 23.7 Å². The Morgan fingerprint density at radius 3 is 2.33 bits per heavy atom. The predicted octanol–water partition coefficient (Wildman–Crippen LogP) is 4.45. The minimum absolute atomic E-state index is 0.150. The number of aliphatic hydroxyl groups excluding tert-OH is 1. The van der Waals surface area contributed by atoms with Gasteiger partial charge in [0, 0.05) is 11.6 Å². The summed E-state index contributed by atoms with van der Waals surface area (Å²) < 4.78 is 5.46. The first-order valence-corrected chi connectivity index (χ1v) is 14.0. The summed E-state index contributed by atoms with van der Waals surface area (Å²) in [6.07, 6.45) is 5.92. The van der Waals surface area contributed by atoms with Crippen LogP contribution in [0.1, 0.15) is 43.4 Å². The molecule has 2 N–H and O–H groups in total. The van der Waals surface area contributed by atoms with E-state index in [1.807, 2.05) is 81.5 Å². The van der Waals surface area contributed by atoms with E-state index in [-0.39, 0.29) is 30.9 Å². The molecule has 2 aliphatic rings. The maximum atomic E-state index is 14.3. The second kappa shape index (κ2) is 12.6. The van der Waals surface area contributed by atoms with Crippen molar-refractivity contribution in [3.63, 3.8) is 0 Å². The van der Waals surface area contributed by atoms with Gasteiger partial charge in [0.25, 0.3) is 0 Å². The third-order valence-electron chi connectivity index (χ3n) is 8.14. The molecule has 6 atom stereocenters. The van der Waals surface area contributed by atoms with E-state index in [4.69, 9.17) is 4.74 Å². The average Bonchev–Trinajstić information content (AvgIpc) is 3.22. The number of para-hydroxylation sites is 1. The van der Waals surface area contributed by atoms with Gasteiger partial charge in [-0.25, -0.2) is 0 Å². The molecule has 0 unspecified atom stereocenters. The zero-order valence-electron chi connectivity index (χ0n) is 23.3. The van der Waals surface area contributed by atoms with Crippen LogP contribution in [0.3, 0.4) is 0 Å². The van der Waals surface area contributed by atoms with Crippen LogP contribution in [0.2, 0.25) is 0 Å². The summed E-state index contributed by atoms with van der Waals surface area (Å²) in [5.74, 6) is -3.07. The molecule has 0 aromatic heterocycles. The molecule has 1 aliphatic heterocycles. The van der Waals surface area contributed by atoms with E-state index in [0.717, 1.165) is 29.5 Å². The van der Waals surface area contributed by atoms with E-state index in [9.17, 15) is 19.5 Å². The number of amides is 2. The summed E-state index contributed by atoms with van der Waals surface area (Å²) in [5, 5.41) is 13.6. The molecule has 1 fully saturated rings. The molecular weight excluding hydrogens is 492 g/mol. The lowest BCUT2D eigenvalue weighted by Crippen LogP contribution is -2.51. The molecule has 208 valence electrons. The van der Waals surface area contributed by atoms with Crippen LogP contribution in [0, 0.1) is 37.5 Å². The number of nitrogens with zero attached hydrogens (tertiary/aromatic N) is 1. The van der Waals surface area contributed by atoms with Gasteiger partial charge in [0.2, 0.25) is 11.8 Å². The van der Waals surface area contributed by atoms with Crippen molar-refractivity contribution >= 4 is 23.5 Å². The van der Waals surface area contributed by atoms with Crippen LogP contribution in [0.4, 0.5) is 5.69 Å². The monoisotopic (exact) mass is 532 g/mol. The Bertz CT molecular complexity index is 1190. The van der Waals surface area contributed by atoms with E-state index < -0.39 is 35.8 Å². The zero-order chi connectivity index (χ0) is 28.1. The first kappa shape index (κ1) is 28.6. The van der Waals surface area contributed by atoms with Crippen molar-refractivity contribution in [3.8, 4) is 0 Å². The number of likely N-dealkylation sites (tertiary alicyclic amines) is 1. The zero-order valence-corrected chi connectivity index (χ0v) is 23.3. The first-order valence-electron chi connectivity index (χ1n) is 14.0. The molecule has 1 saturated heterocycles. The van der Waals surface area contributed by atoms with Crippen molar-refractivity contribution < 1.29 is 24.2 Å². The van der Waals surface area contributed by atoms with Crippen LogP contribution in [0.25, 0.3) is 0 Å². The van der Waals surface area contributed by atoms with Gasteiger partial charge in [0.05, 0.1) is 31.1 Å². The van der Waals surface area contributed by atoms with Gasteiger partial charge in [-0.3, -0.25) is 14.4 Å². The summed E-state index contributed by atoms with van der Waals surface area (Å²) in [6.45, 7) is 7.58. The smallest absolute Gasteiger partial charge is 0.310 e. The second-order valence-corrected chi connectivity index (χ2v) is 10.7. The molecular formula is C32H40N2O5. The molecule has 2 aromatic rings. The lowest BCUT2D eigenvalue weighted by molar-refractivity contribution is -0.156. The fraction of sp³-hybridized carbons (Fsp3) is 0.469. The molecule has 1 aliphatic carbocycles. The number of allylic oxidation sites excluding steroid dienone is 1. The normalized spacial score (nSPS) is 24.8. The van der Waals surface area contributed by atoms with Crippen molar-refractivity contribution in [2.45, 2.75) is 59.0 Å². The van der Waals surface area contributed by atoms with Gasteiger partial charge in [-0.2, -0.15) is 0 Å². The number of anilines is 1. The number of aliphatic hydroxyl groups is 1. The van der Waals surface area contributed by atoms with Crippen LogP contribution in [-0.2, 0) is 25.5 Å². The number of hydrogen-bond donors (Lipinski definition) is 2. The Labute approximate surface area is 231 Å². The highest BCUT2D eigenvalue weighted by Crippen LogP contribution is 2.46. The van der Waals surface area contributed by atoms with E-state index in [1.165, 1.54) is 0 Å². The number of carbonyl (C=O) groups excluding carboxylic acids is 3. The largest absolute Gasteiger partial charge is 0.466 e. The summed E-state index contributed by atoms with van der Waals surface area (Å²) in [6, 6.07) is 13.9. The maximum Gasteiger partial charge on any atom is 0.310 e. The Balaban J connectivity index is 1.78. The van der Waals surface area contributed by atoms with Crippen molar-refractivity contribution in [3.05, 3.63) is 77.4 Å². The van der Waals surface area contributed by atoms with Crippen LogP contribution in [0.5, 0.6) is 0 Å². The SMILES string of the molecule is CCC[C@@H]1C=C[C@H]2[C@@H](C(=O)N([C@@H](CO)Cc3ccccc3)[C@@H]2C(=O)Nc2c(C)cccc2C)[C@@H]1C(=O)OCC. The topological polar surface area (TPSA) is 95.9 Å². The van der Waals surface area contributed by atoms with Gasteiger partial charge in [-0.15, -0.1) is 0 Å². The Morgan fingerprint density at radius 1 is 1.03 bits per heavy atom. The number of rotatable bonds is 10.